The molecule has 0 spiro atoms. The van der Waals surface area contributed by atoms with Crippen LogP contribution in [0.2, 0.25) is 0 Å². The molecule has 16 heavy (non-hydrogen) atoms. The Hall–Kier alpha value is 1.02. The van der Waals surface area contributed by atoms with E-state index in [2.05, 4.69) is 20.8 Å². The van der Waals surface area contributed by atoms with Gasteiger partial charge in [-0.05, 0) is 36.9 Å². The van der Waals surface area contributed by atoms with E-state index in [0.717, 1.165) is 7.87 Å². The number of aryl methyl sites for hydroxylation is 2. The van der Waals surface area contributed by atoms with Gasteiger partial charge < -0.3 is 24.8 Å². The van der Waals surface area contributed by atoms with Gasteiger partial charge in [-0.15, -0.1) is 7.87 Å². The number of hydrogen-bond donors (Lipinski definition) is 0. The summed E-state index contributed by atoms with van der Waals surface area (Å²) in [5, 5.41) is 3.17. The quantitative estimate of drug-likeness (QED) is 0.502. The minimum Gasteiger partial charge on any atom is -1.00 e. The molecule has 0 aliphatic heterocycles. The molecule has 0 bridgehead atoms. The summed E-state index contributed by atoms with van der Waals surface area (Å²) in [5.41, 5.74) is 1.55. The molecule has 0 amide bonds. The van der Waals surface area contributed by atoms with Crippen molar-refractivity contribution in [3.63, 3.8) is 0 Å². The fourth-order valence-corrected chi connectivity index (χ4v) is 4.07. The van der Waals surface area contributed by atoms with Crippen molar-refractivity contribution in [2.24, 2.45) is 0 Å². The molecule has 0 aliphatic rings. The Kier molecular flexibility index (Phi) is 17.3. The maximum atomic E-state index is 2.23. The summed E-state index contributed by atoms with van der Waals surface area (Å²) in [4.78, 5) is 0. The zero-order valence-electron chi connectivity index (χ0n) is 9.59. The molecule has 0 fully saturated rings. The first-order chi connectivity index (χ1) is 6.22. The van der Waals surface area contributed by atoms with E-state index in [4.69, 9.17) is 0 Å². The summed E-state index contributed by atoms with van der Waals surface area (Å²) in [5.74, 6) is 0. The Morgan fingerprint density at radius 2 is 1.56 bits per heavy atom. The van der Waals surface area contributed by atoms with Gasteiger partial charge in [0.1, 0.15) is 0 Å². The van der Waals surface area contributed by atoms with Crippen LogP contribution >= 0.6 is 15.7 Å². The van der Waals surface area contributed by atoms with Gasteiger partial charge >= 0.3 is 26.2 Å². The molecular formula is C11H15Cl2P2Zr. The average Bonchev–Trinajstić information content (AvgIpc) is 2.75. The van der Waals surface area contributed by atoms with Crippen molar-refractivity contribution in [3.8, 4) is 0 Å². The van der Waals surface area contributed by atoms with Crippen LogP contribution in [-0.4, -0.2) is 0 Å². The van der Waals surface area contributed by atoms with Crippen LogP contribution in [0.15, 0.2) is 30.3 Å². The Morgan fingerprint density at radius 3 is 1.69 bits per heavy atom. The van der Waals surface area contributed by atoms with Crippen LogP contribution in [0.1, 0.15) is 16.2 Å². The summed E-state index contributed by atoms with van der Waals surface area (Å²) >= 11 is 0. The van der Waals surface area contributed by atoms with E-state index < -0.39 is 0 Å². The normalized spacial score (nSPS) is 8.44. The van der Waals surface area contributed by atoms with Crippen molar-refractivity contribution in [2.75, 3.05) is 0 Å². The first-order valence-electron chi connectivity index (χ1n) is 4.36. The third-order valence-corrected chi connectivity index (χ3v) is 5.89. The fraction of sp³-hybridized carbons (Fsp3) is 0.273. The molecule has 5 heteroatoms. The van der Waals surface area contributed by atoms with Gasteiger partial charge in [0.25, 0.3) is 0 Å². The number of hydrogen-bond acceptors (Lipinski definition) is 0. The minimum atomic E-state index is 0. The second-order valence-corrected chi connectivity index (χ2v) is 6.23. The minimum absolute atomic E-state index is 0. The van der Waals surface area contributed by atoms with E-state index in [-0.39, 0.29) is 51.0 Å². The zero-order chi connectivity index (χ0) is 9.68. The maximum Gasteiger partial charge on any atom is 3.00 e. The summed E-state index contributed by atoms with van der Waals surface area (Å²) in [6.07, 6.45) is 0. The van der Waals surface area contributed by atoms with Gasteiger partial charge in [-0.2, -0.15) is 18.2 Å². The number of halogens is 2. The van der Waals surface area contributed by atoms with Crippen molar-refractivity contribution in [3.05, 3.63) is 46.5 Å². The van der Waals surface area contributed by atoms with Crippen LogP contribution in [0, 0.1) is 20.8 Å². The van der Waals surface area contributed by atoms with Crippen LogP contribution < -0.4 is 24.8 Å². The third-order valence-electron chi connectivity index (χ3n) is 2.05. The summed E-state index contributed by atoms with van der Waals surface area (Å²) in [6.45, 7) is 6.68. The van der Waals surface area contributed by atoms with Gasteiger partial charge in [0.2, 0.25) is 0 Å². The summed E-state index contributed by atoms with van der Waals surface area (Å²) < 4.78 is 0. The predicted molar refractivity (Wildman–Crippen MR) is 64.7 cm³/mol. The van der Waals surface area contributed by atoms with Crippen molar-refractivity contribution in [1.82, 2.24) is 0 Å². The van der Waals surface area contributed by atoms with Gasteiger partial charge in [0.15, 0.2) is 0 Å². The predicted octanol–water partition coefficient (Wildman–Crippen LogP) is -1.37. The molecule has 0 saturated heterocycles. The Morgan fingerprint density at radius 1 is 1.06 bits per heavy atom. The topological polar surface area (TPSA) is 0 Å². The van der Waals surface area contributed by atoms with Crippen molar-refractivity contribution in [1.29, 1.82) is 0 Å². The van der Waals surface area contributed by atoms with Gasteiger partial charge in [0.05, 0.1) is 0 Å². The van der Waals surface area contributed by atoms with Crippen molar-refractivity contribution < 1.29 is 51.0 Å². The molecule has 2 rings (SSSR count). The summed E-state index contributed by atoms with van der Waals surface area (Å²) in [7, 11) is 2.61. The molecule has 87 valence electrons. The van der Waals surface area contributed by atoms with E-state index in [1.807, 2.05) is 30.3 Å². The molecule has 1 aromatic carbocycles. The van der Waals surface area contributed by atoms with Crippen LogP contribution in [-0.2, 0) is 26.2 Å². The molecule has 1 heterocycles. The molecule has 1 radical (unpaired) electrons. The SMILES string of the molecule is Cc1p[pH]c(C)c1C.[Cl-].[Cl-].[Zr+3].c1cc[cH-]c1. The Labute approximate surface area is 133 Å². The Balaban J connectivity index is -0.000000189. The molecule has 1 atom stereocenters. The zero-order valence-corrected chi connectivity index (χ0v) is 15.5. The molecule has 0 nitrogen and oxygen atoms in total. The van der Waals surface area contributed by atoms with Gasteiger partial charge in [0, 0.05) is 0 Å². The van der Waals surface area contributed by atoms with Gasteiger partial charge in [-0.25, -0.2) is 12.1 Å². The summed E-state index contributed by atoms with van der Waals surface area (Å²) in [6, 6.07) is 10.0. The molecule has 0 aliphatic carbocycles. The standard InChI is InChI=1S/C6H10P2.C5H5.2ClH.Zr/c1-4-5(2)7-8-6(4)3;1-2-4-5-3-1;;;/h7H,1-3H3;1-5H;2*1H;/q;-1;;;+3/p-2. The van der Waals surface area contributed by atoms with Crippen LogP contribution in [0.5, 0.6) is 0 Å². The Bertz CT molecular complexity index is 308. The van der Waals surface area contributed by atoms with Crippen molar-refractivity contribution >= 4 is 15.7 Å². The third kappa shape index (κ3) is 8.16. The molecule has 0 saturated carbocycles. The molecule has 1 unspecified atom stereocenters. The van der Waals surface area contributed by atoms with Gasteiger partial charge in [-0.1, -0.05) is 7.87 Å². The van der Waals surface area contributed by atoms with E-state index in [1.54, 1.807) is 24.0 Å². The second-order valence-electron chi connectivity index (χ2n) is 3.02. The largest absolute Gasteiger partial charge is 3.00 e. The first kappa shape index (κ1) is 22.2. The first-order valence-corrected chi connectivity index (χ1v) is 7.10. The van der Waals surface area contributed by atoms with Crippen LogP contribution in [0.25, 0.3) is 0 Å². The molecule has 1 aromatic heterocycles. The van der Waals surface area contributed by atoms with Gasteiger partial charge in [-0.3, -0.25) is 0 Å². The van der Waals surface area contributed by atoms with Crippen LogP contribution in [0.3, 0.4) is 0 Å². The van der Waals surface area contributed by atoms with Crippen molar-refractivity contribution in [2.45, 2.75) is 20.8 Å². The molecule has 0 N–H and O–H groups in total. The monoisotopic (exact) mass is 369 g/mol. The van der Waals surface area contributed by atoms with E-state index >= 15 is 0 Å². The molecule has 2 aromatic rings. The fourth-order valence-electron chi connectivity index (χ4n) is 0.928. The number of rotatable bonds is 0. The molecular weight excluding hydrogens is 356 g/mol. The average molecular weight is 371 g/mol. The van der Waals surface area contributed by atoms with E-state index in [0.29, 0.717) is 0 Å². The second kappa shape index (κ2) is 12.5. The van der Waals surface area contributed by atoms with E-state index in [9.17, 15) is 0 Å². The van der Waals surface area contributed by atoms with Crippen LogP contribution in [0.4, 0.5) is 0 Å². The van der Waals surface area contributed by atoms with E-state index in [1.165, 1.54) is 0 Å². The smallest absolute Gasteiger partial charge is 1.00 e. The maximum absolute atomic E-state index is 2.23.